The van der Waals surface area contributed by atoms with Crippen LogP contribution in [0, 0.1) is 5.92 Å². The van der Waals surface area contributed by atoms with Crippen molar-refractivity contribution in [3.8, 4) is 11.5 Å². The van der Waals surface area contributed by atoms with E-state index in [2.05, 4.69) is 47.9 Å². The molecule has 0 unspecified atom stereocenters. The predicted octanol–water partition coefficient (Wildman–Crippen LogP) is -7.29. The number of carboxylic acids is 1. The fraction of sp³-hybridized carbons (Fsp3) is 0.511. The van der Waals surface area contributed by atoms with E-state index in [4.69, 9.17) is 5.73 Å². The van der Waals surface area contributed by atoms with E-state index >= 15 is 0 Å². The highest BCUT2D eigenvalue weighted by Gasteiger charge is 2.35. The molecule has 0 aliphatic heterocycles. The molecule has 0 aliphatic rings. The van der Waals surface area contributed by atoms with Gasteiger partial charge in [0.1, 0.15) is 59.8 Å². The van der Waals surface area contributed by atoms with Gasteiger partial charge < -0.3 is 94.4 Å². The van der Waals surface area contributed by atoms with Crippen molar-refractivity contribution in [1.29, 1.82) is 0 Å². The maximum Gasteiger partial charge on any atom is 0.326 e. The molecule has 2 aromatic carbocycles. The second-order valence-electron chi connectivity index (χ2n) is 16.9. The zero-order chi connectivity index (χ0) is 55.1. The smallest absolute Gasteiger partial charge is 0.326 e. The Hall–Kier alpha value is -7.50. The summed E-state index contributed by atoms with van der Waals surface area (Å²) >= 11 is 0. The first-order valence-corrected chi connectivity index (χ1v) is 22.7. The largest absolute Gasteiger partial charge is 0.508 e. The van der Waals surface area contributed by atoms with Crippen molar-refractivity contribution in [3.05, 3.63) is 59.7 Å². The van der Waals surface area contributed by atoms with Crippen molar-refractivity contribution in [2.45, 2.75) is 108 Å². The third-order valence-corrected chi connectivity index (χ3v) is 11.0. The summed E-state index contributed by atoms with van der Waals surface area (Å²) in [5.74, 6) is -11.8. The van der Waals surface area contributed by atoms with Gasteiger partial charge in [0.05, 0.1) is 45.1 Å². The summed E-state index contributed by atoms with van der Waals surface area (Å²) < 4.78 is 0. The predicted molar refractivity (Wildman–Crippen MR) is 253 cm³/mol. The summed E-state index contributed by atoms with van der Waals surface area (Å²) in [6.45, 7) is 0.896. The molecule has 28 nitrogen and oxygen atoms in total. The highest BCUT2D eigenvalue weighted by Crippen LogP contribution is 2.14. The highest BCUT2D eigenvalue weighted by molar-refractivity contribution is 5.97. The van der Waals surface area contributed by atoms with Crippen LogP contribution in [0.2, 0.25) is 0 Å². The number of phenolic OH excluding ortho intramolecular Hbond substituents is 2. The van der Waals surface area contributed by atoms with Crippen LogP contribution in [0.3, 0.4) is 0 Å². The molecule has 0 aromatic heterocycles. The average molecular weight is 1040 g/mol. The van der Waals surface area contributed by atoms with Crippen LogP contribution in [0.5, 0.6) is 11.5 Å². The number of phenols is 2. The first-order valence-electron chi connectivity index (χ1n) is 22.7. The van der Waals surface area contributed by atoms with Crippen LogP contribution >= 0.6 is 0 Å². The van der Waals surface area contributed by atoms with E-state index in [1.54, 1.807) is 13.8 Å². The van der Waals surface area contributed by atoms with E-state index in [1.165, 1.54) is 55.5 Å². The van der Waals surface area contributed by atoms with Crippen LogP contribution in [0.1, 0.15) is 45.2 Å². The van der Waals surface area contributed by atoms with E-state index in [0.717, 1.165) is 6.92 Å². The molecule has 0 saturated carbocycles. The number of rotatable bonds is 30. The molecule has 11 atom stereocenters. The molecule has 0 radical (unpaired) electrons. The maximum absolute atomic E-state index is 13.7. The van der Waals surface area contributed by atoms with E-state index in [1.807, 2.05) is 0 Å². The topological polar surface area (TPSA) is 467 Å². The van der Waals surface area contributed by atoms with Gasteiger partial charge in [-0.05, 0) is 55.2 Å². The van der Waals surface area contributed by atoms with Crippen LogP contribution in [0.15, 0.2) is 48.5 Å². The minimum absolute atomic E-state index is 0.0896. The van der Waals surface area contributed by atoms with Crippen molar-refractivity contribution in [2.24, 2.45) is 11.7 Å². The van der Waals surface area contributed by atoms with Crippen LogP contribution < -0.4 is 53.6 Å². The molecule has 73 heavy (non-hydrogen) atoms. The Kier molecular flexibility index (Phi) is 25.7. The maximum atomic E-state index is 13.7. The molecule has 19 N–H and O–H groups in total. The Labute approximate surface area is 418 Å². The molecule has 28 heteroatoms. The second kappa shape index (κ2) is 30.4. The number of hydrogen-bond donors (Lipinski definition) is 18. The Morgan fingerprint density at radius 3 is 1.34 bits per heavy atom. The summed E-state index contributed by atoms with van der Waals surface area (Å²) in [4.78, 5) is 129. The van der Waals surface area contributed by atoms with Crippen molar-refractivity contribution in [2.75, 3.05) is 32.9 Å². The Morgan fingerprint density at radius 2 is 0.877 bits per heavy atom. The number of nitrogens with one attached hydrogen (secondary N) is 9. The number of amides is 9. The van der Waals surface area contributed by atoms with Crippen LogP contribution in [0.4, 0.5) is 0 Å². The molecule has 404 valence electrons. The number of benzene rings is 2. The van der Waals surface area contributed by atoms with Gasteiger partial charge >= 0.3 is 5.97 Å². The quantitative estimate of drug-likeness (QED) is 0.0346. The van der Waals surface area contributed by atoms with Crippen molar-refractivity contribution < 1.29 is 88.8 Å². The van der Waals surface area contributed by atoms with Gasteiger partial charge in [0, 0.05) is 12.8 Å². The zero-order valence-corrected chi connectivity index (χ0v) is 40.4. The number of carboxylic acid groups (broad SMARTS) is 1. The molecule has 2 aromatic rings. The lowest BCUT2D eigenvalue weighted by Gasteiger charge is -2.27. The zero-order valence-electron chi connectivity index (χ0n) is 40.4. The Balaban J connectivity index is 2.06. The third kappa shape index (κ3) is 20.6. The number of nitrogens with two attached hydrogens (primary N) is 1. The van der Waals surface area contributed by atoms with Gasteiger partial charge in [-0.3, -0.25) is 43.2 Å². The fourth-order valence-electron chi connectivity index (χ4n) is 6.40. The van der Waals surface area contributed by atoms with Gasteiger partial charge in [0.2, 0.25) is 53.2 Å². The van der Waals surface area contributed by atoms with E-state index in [-0.39, 0.29) is 24.3 Å². The molecule has 0 aliphatic carbocycles. The monoisotopic (exact) mass is 1030 g/mol. The molecule has 2 rings (SSSR count). The molecule has 0 fully saturated rings. The van der Waals surface area contributed by atoms with Gasteiger partial charge in [-0.1, -0.05) is 44.5 Å². The van der Waals surface area contributed by atoms with Gasteiger partial charge in [0.15, 0.2) is 0 Å². The first kappa shape index (κ1) is 61.6. The van der Waals surface area contributed by atoms with E-state index in [9.17, 15) is 88.8 Å². The lowest BCUT2D eigenvalue weighted by Crippen LogP contribution is -2.61. The van der Waals surface area contributed by atoms with Crippen molar-refractivity contribution in [3.63, 3.8) is 0 Å². The number of aliphatic carboxylic acids is 1. The van der Waals surface area contributed by atoms with Crippen molar-refractivity contribution >= 4 is 59.1 Å². The lowest BCUT2D eigenvalue weighted by molar-refractivity contribution is -0.143. The summed E-state index contributed by atoms with van der Waals surface area (Å²) in [6.07, 6.45) is -3.12. The fourth-order valence-corrected chi connectivity index (χ4v) is 6.40. The average Bonchev–Trinajstić information content (AvgIpc) is 3.35. The summed E-state index contributed by atoms with van der Waals surface area (Å²) in [6, 6.07) is -2.08. The van der Waals surface area contributed by atoms with Gasteiger partial charge in [-0.2, -0.15) is 0 Å². The summed E-state index contributed by atoms with van der Waals surface area (Å²) in [5, 5.41) is 98.9. The minimum atomic E-state index is -1.79. The SMILES string of the molecule is CC[C@H](C)[C@H](NC(=O)[C@@H](N)[C@@H](C)O)C(=O)N[C@@H](CO)C(=O)N[C@@H](CO)C(=O)NCC(=O)NCC(=O)N[C@@H](CO)C(=O)N[C@@H](Cc1ccc(O)cc1)C(=O)N[C@H](C(=O)N[C@@H](Cc1ccc(O)cc1)C(=O)O)[C@@H](C)O. The van der Waals surface area contributed by atoms with Crippen molar-refractivity contribution in [1.82, 2.24) is 47.9 Å². The second-order valence-corrected chi connectivity index (χ2v) is 16.9. The number of aromatic hydroxyl groups is 2. The molecule has 9 amide bonds. The summed E-state index contributed by atoms with van der Waals surface area (Å²) in [7, 11) is 0. The Morgan fingerprint density at radius 1 is 0.479 bits per heavy atom. The molecular weight excluding hydrogens is 969 g/mol. The van der Waals surface area contributed by atoms with E-state index in [0.29, 0.717) is 17.5 Å². The number of carbonyl (C=O) groups is 10. The number of carbonyl (C=O) groups excluding carboxylic acids is 9. The molecular formula is C45H66N10O18. The standard InChI is InChI=1S/C45H66N10O18/c1-5-21(2)36(54-42(69)35(46)22(3)59)43(70)53-32(20-58)41(68)52-30(18-56)38(65)48-16-33(63)47-17-34(64)49-31(19-57)40(67)50-28(14-24-6-10-26(61)11-7-24)39(66)55-37(23(4)60)44(71)51-29(45(72)73)15-25-8-12-27(62)13-9-25/h6-13,21-23,28-32,35-37,56-62H,5,14-20,46H2,1-4H3,(H,47,63)(H,48,65)(H,49,64)(H,50,67)(H,51,71)(H,52,68)(H,53,70)(H,54,69)(H,55,66)(H,72,73)/t21-,22+,23+,28-,29-,30-,31-,32-,35-,36-,37-/m0/s1. The number of aliphatic hydroxyl groups is 5. The minimum Gasteiger partial charge on any atom is -0.508 e. The number of hydrogen-bond acceptors (Lipinski definition) is 18. The van der Waals surface area contributed by atoms with Gasteiger partial charge in [0.25, 0.3) is 0 Å². The highest BCUT2D eigenvalue weighted by atomic mass is 16.4. The van der Waals surface area contributed by atoms with Gasteiger partial charge in [-0.25, -0.2) is 4.79 Å². The lowest BCUT2D eigenvalue weighted by atomic mass is 9.97. The van der Waals surface area contributed by atoms with Crippen LogP contribution in [-0.2, 0) is 60.8 Å². The third-order valence-electron chi connectivity index (χ3n) is 11.0. The molecule has 0 spiro atoms. The molecule has 0 heterocycles. The molecule has 0 bridgehead atoms. The normalized spacial score (nSPS) is 15.5. The van der Waals surface area contributed by atoms with Crippen LogP contribution in [-0.4, -0.2) is 193 Å². The number of aliphatic hydroxyl groups excluding tert-OH is 5. The van der Waals surface area contributed by atoms with Crippen LogP contribution in [0.25, 0.3) is 0 Å². The first-order chi connectivity index (χ1) is 34.3. The molecule has 0 saturated heterocycles. The van der Waals surface area contributed by atoms with E-state index < -0.39 is 159 Å². The Bertz CT molecular complexity index is 2220. The summed E-state index contributed by atoms with van der Waals surface area (Å²) in [5.41, 5.74) is 6.41. The van der Waals surface area contributed by atoms with Gasteiger partial charge in [-0.15, -0.1) is 0 Å².